The lowest BCUT2D eigenvalue weighted by atomic mass is 10.1. The molecule has 10 heteroatoms. The maximum absolute atomic E-state index is 13.8. The highest BCUT2D eigenvalue weighted by molar-refractivity contribution is 6.53. The molecule has 3 aromatic carbocycles. The molecule has 3 amide bonds. The van der Waals surface area contributed by atoms with Crippen LogP contribution in [0, 0.1) is 5.82 Å². The average molecular weight is 505 g/mol. The SMILES string of the molecule is O=C(Nc1ccccc1F)c1cccc(NC2=C(Cl)C(=O)N(c3cc(Cl)cc(Cl)c3)C2=O)c1. The number of anilines is 3. The number of carbonyl (C=O) groups excluding carboxylic acids is 3. The molecule has 0 spiro atoms. The van der Waals surface area contributed by atoms with Gasteiger partial charge in [-0.05, 0) is 48.5 Å². The standard InChI is InChI=1S/C23H13Cl3FN3O3/c24-13-9-14(25)11-16(10-13)30-22(32)19(26)20(23(30)33)28-15-5-3-4-12(8-15)21(31)29-18-7-2-1-6-17(18)27/h1-11,28H,(H,29,31). The highest BCUT2D eigenvalue weighted by Crippen LogP contribution is 2.33. The van der Waals surface area contributed by atoms with Gasteiger partial charge in [-0.2, -0.15) is 0 Å². The minimum absolute atomic E-state index is 0.0269. The normalized spacial score (nSPS) is 13.5. The number of benzene rings is 3. The molecule has 0 unspecified atom stereocenters. The number of hydrogen-bond donors (Lipinski definition) is 2. The second kappa shape index (κ2) is 9.23. The Morgan fingerprint density at radius 1 is 0.848 bits per heavy atom. The van der Waals surface area contributed by atoms with E-state index in [4.69, 9.17) is 34.8 Å². The van der Waals surface area contributed by atoms with Crippen molar-refractivity contribution in [3.63, 3.8) is 0 Å². The maximum Gasteiger partial charge on any atom is 0.283 e. The third-order valence-electron chi connectivity index (χ3n) is 4.65. The van der Waals surface area contributed by atoms with E-state index in [0.717, 1.165) is 4.90 Å². The smallest absolute Gasteiger partial charge is 0.283 e. The summed E-state index contributed by atoms with van der Waals surface area (Å²) >= 11 is 18.1. The molecule has 0 fully saturated rings. The summed E-state index contributed by atoms with van der Waals surface area (Å²) in [5.74, 6) is -2.61. The fourth-order valence-electron chi connectivity index (χ4n) is 3.15. The third kappa shape index (κ3) is 4.71. The molecule has 2 N–H and O–H groups in total. The van der Waals surface area contributed by atoms with Crippen LogP contribution in [0.25, 0.3) is 0 Å². The summed E-state index contributed by atoms with van der Waals surface area (Å²) in [7, 11) is 0. The molecule has 0 bridgehead atoms. The van der Waals surface area contributed by atoms with Crippen LogP contribution in [0.5, 0.6) is 0 Å². The molecule has 33 heavy (non-hydrogen) atoms. The van der Waals surface area contributed by atoms with Crippen molar-refractivity contribution in [3.8, 4) is 0 Å². The lowest BCUT2D eigenvalue weighted by Gasteiger charge is -2.16. The van der Waals surface area contributed by atoms with Gasteiger partial charge in [0.2, 0.25) is 0 Å². The van der Waals surface area contributed by atoms with Crippen molar-refractivity contribution >= 4 is 69.6 Å². The molecule has 166 valence electrons. The van der Waals surface area contributed by atoms with Crippen molar-refractivity contribution in [3.05, 3.63) is 98.9 Å². The number of amides is 3. The van der Waals surface area contributed by atoms with Crippen LogP contribution < -0.4 is 15.5 Å². The predicted octanol–water partition coefficient (Wildman–Crippen LogP) is 5.82. The zero-order valence-corrected chi connectivity index (χ0v) is 18.8. The van der Waals surface area contributed by atoms with Crippen molar-refractivity contribution in [1.82, 2.24) is 0 Å². The molecule has 3 aromatic rings. The van der Waals surface area contributed by atoms with E-state index in [1.165, 1.54) is 48.5 Å². The highest BCUT2D eigenvalue weighted by atomic mass is 35.5. The van der Waals surface area contributed by atoms with E-state index in [9.17, 15) is 18.8 Å². The van der Waals surface area contributed by atoms with Crippen molar-refractivity contribution in [1.29, 1.82) is 0 Å². The molecule has 0 aromatic heterocycles. The summed E-state index contributed by atoms with van der Waals surface area (Å²) in [6.07, 6.45) is 0. The van der Waals surface area contributed by atoms with E-state index in [2.05, 4.69) is 10.6 Å². The largest absolute Gasteiger partial charge is 0.350 e. The molecule has 4 rings (SSSR count). The number of nitrogens with one attached hydrogen (secondary N) is 2. The first kappa shape index (κ1) is 22.8. The Morgan fingerprint density at radius 3 is 2.24 bits per heavy atom. The van der Waals surface area contributed by atoms with Crippen LogP contribution in [0.15, 0.2) is 77.5 Å². The molecule has 0 saturated carbocycles. The van der Waals surface area contributed by atoms with Gasteiger partial charge >= 0.3 is 0 Å². The second-order valence-electron chi connectivity index (χ2n) is 6.90. The van der Waals surface area contributed by atoms with Gasteiger partial charge in [0.05, 0.1) is 11.4 Å². The van der Waals surface area contributed by atoms with E-state index in [-0.39, 0.29) is 37.7 Å². The molecule has 6 nitrogen and oxygen atoms in total. The van der Waals surface area contributed by atoms with Crippen LogP contribution in [-0.2, 0) is 9.59 Å². The Hall–Kier alpha value is -3.39. The number of hydrogen-bond acceptors (Lipinski definition) is 4. The third-order valence-corrected chi connectivity index (χ3v) is 5.44. The van der Waals surface area contributed by atoms with Crippen LogP contribution in [0.1, 0.15) is 10.4 Å². The van der Waals surface area contributed by atoms with Gasteiger partial charge in [-0.1, -0.05) is 53.0 Å². The van der Waals surface area contributed by atoms with Crippen molar-refractivity contribution < 1.29 is 18.8 Å². The monoisotopic (exact) mass is 503 g/mol. The van der Waals surface area contributed by atoms with Crippen molar-refractivity contribution in [2.45, 2.75) is 0 Å². The number of para-hydroxylation sites is 1. The quantitative estimate of drug-likeness (QED) is 0.429. The Morgan fingerprint density at radius 2 is 1.55 bits per heavy atom. The molecular weight excluding hydrogens is 492 g/mol. The van der Waals surface area contributed by atoms with Gasteiger partial charge in [-0.25, -0.2) is 9.29 Å². The zero-order chi connectivity index (χ0) is 23.7. The van der Waals surface area contributed by atoms with Crippen LogP contribution in [0.4, 0.5) is 21.5 Å². The molecule has 1 heterocycles. The summed E-state index contributed by atoms with van der Waals surface area (Å²) in [4.78, 5) is 39.0. The van der Waals surface area contributed by atoms with Gasteiger partial charge in [0.25, 0.3) is 17.7 Å². The van der Waals surface area contributed by atoms with Crippen LogP contribution in [0.3, 0.4) is 0 Å². The molecular formula is C23H13Cl3FN3O3. The minimum atomic E-state index is -0.754. The molecule has 0 atom stereocenters. The van der Waals surface area contributed by atoms with Gasteiger partial charge in [0.1, 0.15) is 16.5 Å². The first-order chi connectivity index (χ1) is 15.7. The molecule has 1 aliphatic rings. The first-order valence-corrected chi connectivity index (χ1v) is 10.6. The first-order valence-electron chi connectivity index (χ1n) is 9.42. The lowest BCUT2D eigenvalue weighted by Crippen LogP contribution is -2.32. The number of carbonyl (C=O) groups is 3. The Kier molecular flexibility index (Phi) is 6.37. The van der Waals surface area contributed by atoms with Gasteiger partial charge in [-0.3, -0.25) is 14.4 Å². The van der Waals surface area contributed by atoms with Crippen LogP contribution in [0.2, 0.25) is 10.0 Å². The molecule has 0 saturated heterocycles. The van der Waals surface area contributed by atoms with Crippen molar-refractivity contribution in [2.24, 2.45) is 0 Å². The lowest BCUT2D eigenvalue weighted by molar-refractivity contribution is -0.120. The number of rotatable bonds is 5. The Bertz CT molecular complexity index is 1320. The topological polar surface area (TPSA) is 78.5 Å². The molecule has 1 aliphatic heterocycles. The van der Waals surface area contributed by atoms with Gasteiger partial charge in [0, 0.05) is 21.3 Å². The van der Waals surface area contributed by atoms with Gasteiger partial charge < -0.3 is 10.6 Å². The Balaban J connectivity index is 1.56. The number of nitrogens with zero attached hydrogens (tertiary/aromatic N) is 1. The van der Waals surface area contributed by atoms with Crippen LogP contribution >= 0.6 is 34.8 Å². The van der Waals surface area contributed by atoms with E-state index >= 15 is 0 Å². The highest BCUT2D eigenvalue weighted by Gasteiger charge is 2.39. The van der Waals surface area contributed by atoms with Gasteiger partial charge in [-0.15, -0.1) is 0 Å². The minimum Gasteiger partial charge on any atom is -0.350 e. The van der Waals surface area contributed by atoms with Crippen LogP contribution in [-0.4, -0.2) is 17.7 Å². The summed E-state index contributed by atoms with van der Waals surface area (Å²) in [5.41, 5.74) is 0.519. The molecule has 0 aliphatic carbocycles. The fraction of sp³-hybridized carbons (Fsp3) is 0. The summed E-state index contributed by atoms with van der Waals surface area (Å²) in [6, 6.07) is 16.1. The molecule has 0 radical (unpaired) electrons. The van der Waals surface area contributed by atoms with Crippen molar-refractivity contribution in [2.75, 3.05) is 15.5 Å². The summed E-state index contributed by atoms with van der Waals surface area (Å²) < 4.78 is 13.8. The van der Waals surface area contributed by atoms with Gasteiger partial charge in [0.15, 0.2) is 0 Å². The van der Waals surface area contributed by atoms with E-state index in [1.54, 1.807) is 18.2 Å². The second-order valence-corrected chi connectivity index (χ2v) is 8.15. The zero-order valence-electron chi connectivity index (χ0n) is 16.5. The summed E-state index contributed by atoms with van der Waals surface area (Å²) in [5, 5.41) is 5.41. The Labute approximate surface area is 202 Å². The van der Waals surface area contributed by atoms with E-state index < -0.39 is 23.5 Å². The number of halogens is 4. The number of imide groups is 1. The maximum atomic E-state index is 13.8. The van der Waals surface area contributed by atoms with E-state index in [1.807, 2.05) is 0 Å². The average Bonchev–Trinajstić information content (AvgIpc) is 2.98. The summed E-state index contributed by atoms with van der Waals surface area (Å²) in [6.45, 7) is 0. The van der Waals surface area contributed by atoms with E-state index in [0.29, 0.717) is 5.69 Å². The fourth-order valence-corrected chi connectivity index (χ4v) is 3.88. The predicted molar refractivity (Wildman–Crippen MR) is 126 cm³/mol.